The van der Waals surface area contributed by atoms with Crippen LogP contribution in [0, 0.1) is 28.6 Å². The van der Waals surface area contributed by atoms with Gasteiger partial charge in [0.2, 0.25) is 0 Å². The van der Waals surface area contributed by atoms with E-state index >= 15 is 0 Å². The Hall–Kier alpha value is -0.550. The predicted octanol–water partition coefficient (Wildman–Crippen LogP) is 3.34. The number of hydrogen-bond acceptors (Lipinski definition) is 2. The zero-order valence-electron chi connectivity index (χ0n) is 11.1. The summed E-state index contributed by atoms with van der Waals surface area (Å²) in [4.78, 5) is 0. The zero-order chi connectivity index (χ0) is 12.0. The summed E-state index contributed by atoms with van der Waals surface area (Å²) in [5, 5.41) is 12.4. The molecule has 2 nitrogen and oxygen atoms in total. The lowest BCUT2D eigenvalue weighted by Gasteiger charge is -2.26. The lowest BCUT2D eigenvalue weighted by molar-refractivity contribution is 0.278. The van der Waals surface area contributed by atoms with Crippen LogP contribution >= 0.6 is 0 Å². The van der Waals surface area contributed by atoms with Gasteiger partial charge >= 0.3 is 0 Å². The molecule has 0 radical (unpaired) electrons. The first-order valence-corrected chi connectivity index (χ1v) is 6.65. The summed E-state index contributed by atoms with van der Waals surface area (Å²) in [6, 6.07) is 2.35. The Morgan fingerprint density at radius 3 is 2.44 bits per heavy atom. The van der Waals surface area contributed by atoms with E-state index < -0.39 is 0 Å². The highest BCUT2D eigenvalue weighted by Crippen LogP contribution is 2.27. The van der Waals surface area contributed by atoms with Gasteiger partial charge in [-0.15, -0.1) is 0 Å². The molecule has 2 heteroatoms. The van der Waals surface area contributed by atoms with Gasteiger partial charge in [-0.25, -0.2) is 0 Å². The van der Waals surface area contributed by atoms with Crippen LogP contribution in [0.2, 0.25) is 0 Å². The van der Waals surface area contributed by atoms with E-state index in [9.17, 15) is 0 Å². The molecular weight excluding hydrogens is 196 g/mol. The zero-order valence-corrected chi connectivity index (χ0v) is 11.1. The fraction of sp³-hybridized carbons (Fsp3) is 0.929. The van der Waals surface area contributed by atoms with Crippen LogP contribution in [0.3, 0.4) is 0 Å². The quantitative estimate of drug-likeness (QED) is 0.724. The van der Waals surface area contributed by atoms with Crippen molar-refractivity contribution < 1.29 is 0 Å². The molecule has 0 spiro atoms. The minimum atomic E-state index is -0.173. The third-order valence-electron chi connectivity index (χ3n) is 3.80. The molecule has 0 bridgehead atoms. The molecule has 16 heavy (non-hydrogen) atoms. The Kier molecular flexibility index (Phi) is 5.28. The van der Waals surface area contributed by atoms with Crippen molar-refractivity contribution in [2.24, 2.45) is 17.3 Å². The molecular formula is C14H26N2. The van der Waals surface area contributed by atoms with Crippen molar-refractivity contribution in [3.63, 3.8) is 0 Å². The average molecular weight is 222 g/mol. The summed E-state index contributed by atoms with van der Waals surface area (Å²) in [6.45, 7) is 8.51. The third kappa shape index (κ3) is 4.99. The number of nitrogens with one attached hydrogen (secondary N) is 1. The fourth-order valence-electron chi connectivity index (χ4n) is 2.30. The lowest BCUT2D eigenvalue weighted by Crippen LogP contribution is -2.28. The summed E-state index contributed by atoms with van der Waals surface area (Å²) in [6.07, 6.45) is 6.52. The Labute approximate surface area is 100 Å². The molecule has 0 unspecified atom stereocenters. The van der Waals surface area contributed by atoms with E-state index in [1.807, 2.05) is 13.8 Å². The summed E-state index contributed by atoms with van der Waals surface area (Å²) in [5.74, 6) is 1.81. The maximum Gasteiger partial charge on any atom is 0.0684 e. The predicted molar refractivity (Wildman–Crippen MR) is 68.0 cm³/mol. The van der Waals surface area contributed by atoms with Crippen LogP contribution in [0.4, 0.5) is 0 Å². The highest BCUT2D eigenvalue weighted by atomic mass is 14.9. The monoisotopic (exact) mass is 222 g/mol. The van der Waals surface area contributed by atoms with Crippen LogP contribution in [0.15, 0.2) is 0 Å². The van der Waals surface area contributed by atoms with Crippen LogP contribution in [0.1, 0.15) is 52.9 Å². The lowest BCUT2D eigenvalue weighted by atomic mass is 9.83. The van der Waals surface area contributed by atoms with Crippen molar-refractivity contribution in [2.45, 2.75) is 52.9 Å². The van der Waals surface area contributed by atoms with E-state index in [-0.39, 0.29) is 5.41 Å². The third-order valence-corrected chi connectivity index (χ3v) is 3.80. The minimum Gasteiger partial charge on any atom is -0.316 e. The van der Waals surface area contributed by atoms with E-state index in [0.717, 1.165) is 31.3 Å². The molecule has 1 saturated carbocycles. The Balaban J connectivity index is 2.06. The van der Waals surface area contributed by atoms with Gasteiger partial charge < -0.3 is 5.32 Å². The number of rotatable bonds is 5. The Morgan fingerprint density at radius 1 is 1.25 bits per heavy atom. The molecule has 1 rings (SSSR count). The number of hydrogen-bond donors (Lipinski definition) is 1. The van der Waals surface area contributed by atoms with Crippen LogP contribution in [-0.2, 0) is 0 Å². The van der Waals surface area contributed by atoms with Crippen molar-refractivity contribution in [3.05, 3.63) is 0 Å². The van der Waals surface area contributed by atoms with E-state index in [4.69, 9.17) is 5.26 Å². The molecule has 0 saturated heterocycles. The van der Waals surface area contributed by atoms with Gasteiger partial charge in [0.15, 0.2) is 0 Å². The largest absolute Gasteiger partial charge is 0.316 e. The van der Waals surface area contributed by atoms with Crippen molar-refractivity contribution in [1.29, 1.82) is 5.26 Å². The van der Waals surface area contributed by atoms with Crippen molar-refractivity contribution in [3.8, 4) is 6.07 Å². The van der Waals surface area contributed by atoms with Crippen molar-refractivity contribution in [2.75, 3.05) is 13.1 Å². The molecule has 0 heterocycles. The highest BCUT2D eigenvalue weighted by Gasteiger charge is 2.19. The summed E-state index contributed by atoms with van der Waals surface area (Å²) >= 11 is 0. The molecule has 0 aromatic carbocycles. The van der Waals surface area contributed by atoms with Crippen LogP contribution in [0.25, 0.3) is 0 Å². The van der Waals surface area contributed by atoms with Gasteiger partial charge in [0, 0.05) is 0 Å². The Morgan fingerprint density at radius 2 is 1.88 bits per heavy atom. The second kappa shape index (κ2) is 6.25. The topological polar surface area (TPSA) is 35.8 Å². The van der Waals surface area contributed by atoms with Crippen LogP contribution in [0.5, 0.6) is 0 Å². The Bertz CT molecular complexity index is 232. The van der Waals surface area contributed by atoms with Crippen molar-refractivity contribution >= 4 is 0 Å². The molecule has 1 fully saturated rings. The smallest absolute Gasteiger partial charge is 0.0684 e. The van der Waals surface area contributed by atoms with Gasteiger partial charge in [-0.3, -0.25) is 0 Å². The second-order valence-corrected chi connectivity index (χ2v) is 6.08. The maximum atomic E-state index is 8.89. The van der Waals surface area contributed by atoms with E-state index in [0.29, 0.717) is 0 Å². The normalized spacial score (nSPS) is 26.4. The highest BCUT2D eigenvalue weighted by molar-refractivity contribution is 4.91. The fourth-order valence-corrected chi connectivity index (χ4v) is 2.30. The minimum absolute atomic E-state index is 0.173. The molecule has 1 aliphatic rings. The standard InChI is InChI=1S/C14H26N2/c1-12-4-6-13(7-5-12)10-16-9-8-14(2,3)11-15/h12-13,16H,4-10H2,1-3H3. The van der Waals surface area contributed by atoms with Crippen LogP contribution < -0.4 is 5.32 Å². The average Bonchev–Trinajstić information content (AvgIpc) is 2.27. The van der Waals surface area contributed by atoms with Crippen LogP contribution in [-0.4, -0.2) is 13.1 Å². The molecule has 0 aromatic rings. The molecule has 0 aliphatic heterocycles. The van der Waals surface area contributed by atoms with Gasteiger partial charge in [-0.2, -0.15) is 5.26 Å². The summed E-state index contributed by atoms with van der Waals surface area (Å²) in [7, 11) is 0. The molecule has 0 amide bonds. The van der Waals surface area contributed by atoms with Gasteiger partial charge in [0.05, 0.1) is 11.5 Å². The summed E-state index contributed by atoms with van der Waals surface area (Å²) in [5.41, 5.74) is -0.173. The molecule has 92 valence electrons. The van der Waals surface area contributed by atoms with Gasteiger partial charge in [-0.1, -0.05) is 19.8 Å². The van der Waals surface area contributed by atoms with Gasteiger partial charge in [-0.05, 0) is 58.0 Å². The number of nitriles is 1. The van der Waals surface area contributed by atoms with E-state index in [1.54, 1.807) is 0 Å². The second-order valence-electron chi connectivity index (χ2n) is 6.08. The number of nitrogens with zero attached hydrogens (tertiary/aromatic N) is 1. The molecule has 0 aromatic heterocycles. The van der Waals surface area contributed by atoms with Gasteiger partial charge in [0.25, 0.3) is 0 Å². The summed E-state index contributed by atoms with van der Waals surface area (Å²) < 4.78 is 0. The molecule has 1 N–H and O–H groups in total. The van der Waals surface area contributed by atoms with Crippen molar-refractivity contribution in [1.82, 2.24) is 5.32 Å². The molecule has 0 atom stereocenters. The first kappa shape index (κ1) is 13.5. The first-order chi connectivity index (χ1) is 7.53. The SMILES string of the molecule is CC1CCC(CNCCC(C)(C)C#N)CC1. The van der Waals surface area contributed by atoms with Gasteiger partial charge in [0.1, 0.15) is 0 Å². The first-order valence-electron chi connectivity index (χ1n) is 6.65. The maximum absolute atomic E-state index is 8.89. The molecule has 1 aliphatic carbocycles. The van der Waals surface area contributed by atoms with E-state index in [1.165, 1.54) is 25.7 Å². The van der Waals surface area contributed by atoms with E-state index in [2.05, 4.69) is 18.3 Å².